The quantitative estimate of drug-likeness (QED) is 0.584. The minimum absolute atomic E-state index is 0.0105. The maximum atomic E-state index is 12.6. The lowest BCUT2D eigenvalue weighted by atomic mass is 10.1. The van der Waals surface area contributed by atoms with Crippen LogP contribution < -0.4 is 10.0 Å². The largest absolute Gasteiger partial charge is 0.336 e. The van der Waals surface area contributed by atoms with Gasteiger partial charge in [0.05, 0.1) is 4.90 Å². The summed E-state index contributed by atoms with van der Waals surface area (Å²) in [6, 6.07) is 13.5. The molecule has 0 aliphatic carbocycles. The molecule has 33 heavy (non-hydrogen) atoms. The number of carbonyl (C=O) groups is 2. The summed E-state index contributed by atoms with van der Waals surface area (Å²) in [4.78, 5) is 29.2. The molecule has 0 spiro atoms. The van der Waals surface area contributed by atoms with Crippen LogP contribution in [0.4, 0.5) is 5.69 Å². The zero-order chi connectivity index (χ0) is 23.8. The zero-order valence-corrected chi connectivity index (χ0v) is 20.0. The number of amides is 2. The molecule has 3 rings (SSSR count). The fourth-order valence-corrected chi connectivity index (χ4v) is 4.66. The normalized spacial score (nSPS) is 14.8. The molecule has 2 aromatic carbocycles. The van der Waals surface area contributed by atoms with Crippen molar-refractivity contribution < 1.29 is 18.0 Å². The molecular weight excluding hydrogens is 440 g/mol. The van der Waals surface area contributed by atoms with Gasteiger partial charge in [0.1, 0.15) is 0 Å². The molecule has 0 atom stereocenters. The first-order chi connectivity index (χ1) is 15.8. The van der Waals surface area contributed by atoms with E-state index in [1.807, 2.05) is 18.9 Å². The van der Waals surface area contributed by atoms with Crippen LogP contribution >= 0.6 is 0 Å². The summed E-state index contributed by atoms with van der Waals surface area (Å²) < 4.78 is 26.8. The van der Waals surface area contributed by atoms with Gasteiger partial charge < -0.3 is 15.1 Å². The molecule has 0 unspecified atom stereocenters. The van der Waals surface area contributed by atoms with Crippen molar-refractivity contribution in [3.8, 4) is 0 Å². The molecule has 1 fully saturated rings. The Hall–Kier alpha value is -2.75. The average Bonchev–Trinajstić information content (AvgIpc) is 2.82. The van der Waals surface area contributed by atoms with Crippen molar-refractivity contribution in [2.75, 3.05) is 45.1 Å². The van der Waals surface area contributed by atoms with Gasteiger partial charge in [0.2, 0.25) is 15.9 Å². The maximum absolute atomic E-state index is 12.6. The van der Waals surface area contributed by atoms with Crippen LogP contribution in [-0.2, 0) is 21.2 Å². The number of nitrogens with one attached hydrogen (secondary N) is 2. The number of hydrogen-bond acceptors (Lipinski definition) is 5. The highest BCUT2D eigenvalue weighted by molar-refractivity contribution is 7.89. The Labute approximate surface area is 196 Å². The van der Waals surface area contributed by atoms with Crippen LogP contribution in [-0.4, -0.2) is 69.8 Å². The Morgan fingerprint density at radius 3 is 2.18 bits per heavy atom. The zero-order valence-electron chi connectivity index (χ0n) is 19.2. The second-order valence-corrected chi connectivity index (χ2v) is 10.0. The number of anilines is 1. The van der Waals surface area contributed by atoms with Gasteiger partial charge in [0, 0.05) is 50.4 Å². The van der Waals surface area contributed by atoms with E-state index in [-0.39, 0.29) is 23.1 Å². The smallest absolute Gasteiger partial charge is 0.253 e. The van der Waals surface area contributed by atoms with Crippen LogP contribution in [0, 0.1) is 0 Å². The van der Waals surface area contributed by atoms with E-state index in [4.69, 9.17) is 0 Å². The van der Waals surface area contributed by atoms with Gasteiger partial charge >= 0.3 is 0 Å². The number of hydrogen-bond donors (Lipinski definition) is 2. The minimum Gasteiger partial charge on any atom is -0.336 e. The number of sulfonamides is 1. The monoisotopic (exact) mass is 472 g/mol. The van der Waals surface area contributed by atoms with Gasteiger partial charge in [-0.05, 0) is 61.9 Å². The number of benzene rings is 2. The Morgan fingerprint density at radius 1 is 0.939 bits per heavy atom. The lowest BCUT2D eigenvalue weighted by Gasteiger charge is -2.32. The van der Waals surface area contributed by atoms with Crippen molar-refractivity contribution in [2.45, 2.75) is 31.1 Å². The van der Waals surface area contributed by atoms with Crippen LogP contribution in [0.1, 0.15) is 35.7 Å². The summed E-state index contributed by atoms with van der Waals surface area (Å²) in [5.41, 5.74) is 2.13. The van der Waals surface area contributed by atoms with Crippen molar-refractivity contribution in [1.29, 1.82) is 0 Å². The second-order valence-electron chi connectivity index (χ2n) is 8.26. The Balaban J connectivity index is 1.48. The van der Waals surface area contributed by atoms with Crippen LogP contribution in [0.3, 0.4) is 0 Å². The third-order valence-electron chi connectivity index (χ3n) is 5.62. The fraction of sp³-hybridized carbons (Fsp3) is 0.417. The topological polar surface area (TPSA) is 98.8 Å². The Bertz CT molecular complexity index is 1040. The van der Waals surface area contributed by atoms with E-state index >= 15 is 0 Å². The molecule has 8 nitrogen and oxygen atoms in total. The molecule has 0 saturated carbocycles. The number of aryl methyl sites for hydroxylation is 1. The van der Waals surface area contributed by atoms with Crippen molar-refractivity contribution in [1.82, 2.24) is 14.5 Å². The standard InChI is InChI=1S/C24H32N4O4S/c1-3-14-25-33(31,32)22-11-4-19(5-12-22)6-13-23(29)26-21-9-7-20(8-10-21)24(30)28-17-15-27(2)16-18-28/h4-5,7-12,25H,3,6,13-18H2,1-2H3,(H,26,29). The summed E-state index contributed by atoms with van der Waals surface area (Å²) in [5, 5.41) is 2.85. The van der Waals surface area contributed by atoms with E-state index < -0.39 is 10.0 Å². The van der Waals surface area contributed by atoms with E-state index in [9.17, 15) is 18.0 Å². The highest BCUT2D eigenvalue weighted by atomic mass is 32.2. The summed E-state index contributed by atoms with van der Waals surface area (Å²) in [6.07, 6.45) is 1.48. The molecule has 0 bridgehead atoms. The molecule has 0 radical (unpaired) electrons. The summed E-state index contributed by atoms with van der Waals surface area (Å²) in [5.74, 6) is -0.134. The molecule has 1 aliphatic heterocycles. The lowest BCUT2D eigenvalue weighted by molar-refractivity contribution is -0.116. The van der Waals surface area contributed by atoms with Crippen molar-refractivity contribution in [3.63, 3.8) is 0 Å². The second kappa shape index (κ2) is 11.4. The third kappa shape index (κ3) is 7.12. The number of carbonyl (C=O) groups excluding carboxylic acids is 2. The fourth-order valence-electron chi connectivity index (χ4n) is 3.52. The number of piperazine rings is 1. The molecular formula is C24H32N4O4S. The van der Waals surface area contributed by atoms with E-state index in [1.54, 1.807) is 48.5 Å². The van der Waals surface area contributed by atoms with Gasteiger partial charge in [-0.15, -0.1) is 0 Å². The molecule has 178 valence electrons. The van der Waals surface area contributed by atoms with E-state index in [1.165, 1.54) is 0 Å². The molecule has 2 N–H and O–H groups in total. The van der Waals surface area contributed by atoms with Gasteiger partial charge in [-0.2, -0.15) is 0 Å². The van der Waals surface area contributed by atoms with Gasteiger partial charge in [0.15, 0.2) is 0 Å². The molecule has 1 saturated heterocycles. The van der Waals surface area contributed by atoms with Gasteiger partial charge in [-0.25, -0.2) is 13.1 Å². The molecule has 0 aromatic heterocycles. The molecule has 2 amide bonds. The van der Waals surface area contributed by atoms with E-state index in [2.05, 4.69) is 14.9 Å². The predicted molar refractivity (Wildman–Crippen MR) is 129 cm³/mol. The number of nitrogens with zero attached hydrogens (tertiary/aromatic N) is 2. The first-order valence-electron chi connectivity index (χ1n) is 11.2. The molecule has 1 aliphatic rings. The van der Waals surface area contributed by atoms with E-state index in [0.717, 1.165) is 38.2 Å². The lowest BCUT2D eigenvalue weighted by Crippen LogP contribution is -2.47. The maximum Gasteiger partial charge on any atom is 0.253 e. The highest BCUT2D eigenvalue weighted by Gasteiger charge is 2.20. The summed E-state index contributed by atoms with van der Waals surface area (Å²) in [7, 11) is -1.44. The van der Waals surface area contributed by atoms with Crippen LogP contribution in [0.2, 0.25) is 0 Å². The predicted octanol–water partition coefficient (Wildman–Crippen LogP) is 2.33. The van der Waals surface area contributed by atoms with Gasteiger partial charge in [-0.3, -0.25) is 9.59 Å². The molecule has 9 heteroatoms. The minimum atomic E-state index is -3.49. The SMILES string of the molecule is CCCNS(=O)(=O)c1ccc(CCC(=O)Nc2ccc(C(=O)N3CCN(C)CC3)cc2)cc1. The van der Waals surface area contributed by atoms with Crippen LogP contribution in [0.25, 0.3) is 0 Å². The highest BCUT2D eigenvalue weighted by Crippen LogP contribution is 2.15. The van der Waals surface area contributed by atoms with Crippen LogP contribution in [0.5, 0.6) is 0 Å². The number of likely N-dealkylation sites (N-methyl/N-ethyl adjacent to an activating group) is 1. The van der Waals surface area contributed by atoms with E-state index in [0.29, 0.717) is 24.2 Å². The van der Waals surface area contributed by atoms with Crippen molar-refractivity contribution >= 4 is 27.5 Å². The Morgan fingerprint density at radius 2 is 1.58 bits per heavy atom. The van der Waals surface area contributed by atoms with Crippen molar-refractivity contribution in [2.24, 2.45) is 0 Å². The average molecular weight is 473 g/mol. The number of rotatable bonds is 9. The van der Waals surface area contributed by atoms with Crippen molar-refractivity contribution in [3.05, 3.63) is 59.7 Å². The molecule has 2 aromatic rings. The molecule has 1 heterocycles. The summed E-state index contributed by atoms with van der Waals surface area (Å²) >= 11 is 0. The van der Waals surface area contributed by atoms with Gasteiger partial charge in [0.25, 0.3) is 5.91 Å². The Kier molecular flexibility index (Phi) is 8.60. The first-order valence-corrected chi connectivity index (χ1v) is 12.7. The first kappa shape index (κ1) is 24.9. The summed E-state index contributed by atoms with van der Waals surface area (Å²) in [6.45, 7) is 5.47. The van der Waals surface area contributed by atoms with Gasteiger partial charge in [-0.1, -0.05) is 19.1 Å². The third-order valence-corrected chi connectivity index (χ3v) is 7.10. The van der Waals surface area contributed by atoms with Crippen LogP contribution in [0.15, 0.2) is 53.4 Å².